The molecule has 2 heterocycles. The van der Waals surface area contributed by atoms with Crippen LogP contribution in [0, 0.1) is 17.0 Å². The number of aromatic nitrogens is 1. The number of Topliss-reactive ketones (excluding diaryl/α,β-unsaturated/α-hetero) is 1. The number of carbonyl (C=O) groups is 1. The zero-order valence-electron chi connectivity index (χ0n) is 14.2. The lowest BCUT2D eigenvalue weighted by Crippen LogP contribution is -2.29. The van der Waals surface area contributed by atoms with Gasteiger partial charge in [0.25, 0.3) is 0 Å². The molecule has 9 heteroatoms. The van der Waals surface area contributed by atoms with E-state index in [9.17, 15) is 13.6 Å². The van der Waals surface area contributed by atoms with Crippen molar-refractivity contribution in [2.24, 2.45) is 0 Å². The highest BCUT2D eigenvalue weighted by atomic mass is 79.9. The van der Waals surface area contributed by atoms with E-state index in [4.69, 9.17) is 15.9 Å². The molecule has 1 atom stereocenters. The average molecular weight is 439 g/mol. The molecule has 1 aromatic carbocycles. The second kappa shape index (κ2) is 8.10. The number of carbonyl (C=O) groups excluding carboxylic acids is 1. The predicted molar refractivity (Wildman–Crippen MR) is 101 cm³/mol. The summed E-state index contributed by atoms with van der Waals surface area (Å²) in [6.07, 6.45) is 3.95. The molecule has 1 aliphatic heterocycles. The van der Waals surface area contributed by atoms with Crippen molar-refractivity contribution in [3.8, 4) is 0 Å². The largest absolute Gasteiger partial charge is 0.394 e. The predicted octanol–water partition coefficient (Wildman–Crippen LogP) is 3.89. The van der Waals surface area contributed by atoms with Gasteiger partial charge in [0.15, 0.2) is 5.82 Å². The number of ether oxygens (including phenoxy) is 1. The Kier molecular flexibility index (Phi) is 5.81. The van der Waals surface area contributed by atoms with E-state index >= 15 is 0 Å². The Hall–Kier alpha value is -2.39. The average Bonchev–Trinajstić information content (AvgIpc) is 2.67. The molecule has 27 heavy (non-hydrogen) atoms. The van der Waals surface area contributed by atoms with Gasteiger partial charge in [-0.1, -0.05) is 0 Å². The monoisotopic (exact) mass is 438 g/mol. The minimum absolute atomic E-state index is 0.172. The van der Waals surface area contributed by atoms with Gasteiger partial charge in [-0.2, -0.15) is 0 Å². The molecule has 4 N–H and O–H groups in total. The minimum atomic E-state index is -1.18. The Morgan fingerprint density at radius 3 is 2.81 bits per heavy atom. The number of rotatable bonds is 5. The lowest BCUT2D eigenvalue weighted by Gasteiger charge is -2.25. The molecule has 0 saturated carbocycles. The standard InChI is InChI=1S/C18H17BrF2N4O2/c19-9-7-11(18(24-8-9)25-13-3-1-2-6-27-13)15(22)17(26)10-4-5-12(20)16(23)14(10)21/h4-5,7-8,13,22H,1-3,6,23H2,(H,24,25). The fraction of sp³-hybridized carbons (Fsp3) is 0.278. The third kappa shape index (κ3) is 4.14. The fourth-order valence-electron chi connectivity index (χ4n) is 2.75. The molecule has 3 rings (SSSR count). The molecule has 6 nitrogen and oxygen atoms in total. The van der Waals surface area contributed by atoms with Crippen molar-refractivity contribution in [1.82, 2.24) is 4.98 Å². The molecule has 2 aromatic rings. The van der Waals surface area contributed by atoms with E-state index in [-0.39, 0.29) is 17.6 Å². The van der Waals surface area contributed by atoms with Crippen molar-refractivity contribution in [1.29, 1.82) is 5.41 Å². The lowest BCUT2D eigenvalue weighted by atomic mass is 10.00. The van der Waals surface area contributed by atoms with Gasteiger partial charge in [-0.3, -0.25) is 10.2 Å². The van der Waals surface area contributed by atoms with Gasteiger partial charge in [0.05, 0.1) is 5.56 Å². The summed E-state index contributed by atoms with van der Waals surface area (Å²) in [5, 5.41) is 11.3. The van der Waals surface area contributed by atoms with Crippen LogP contribution in [0.15, 0.2) is 28.9 Å². The maximum absolute atomic E-state index is 14.2. The first-order chi connectivity index (χ1) is 12.9. The van der Waals surface area contributed by atoms with Crippen molar-refractivity contribution >= 4 is 38.9 Å². The number of ketones is 1. The van der Waals surface area contributed by atoms with Gasteiger partial charge in [0.2, 0.25) is 5.78 Å². The number of anilines is 2. The fourth-order valence-corrected chi connectivity index (χ4v) is 3.08. The second-order valence-corrected chi connectivity index (χ2v) is 6.99. The quantitative estimate of drug-likeness (QED) is 0.373. The molecule has 0 radical (unpaired) electrons. The van der Waals surface area contributed by atoms with Gasteiger partial charge in [-0.15, -0.1) is 0 Å². The van der Waals surface area contributed by atoms with Crippen LogP contribution in [-0.2, 0) is 4.74 Å². The summed E-state index contributed by atoms with van der Waals surface area (Å²) in [4.78, 5) is 16.9. The summed E-state index contributed by atoms with van der Waals surface area (Å²) in [5.74, 6) is -2.79. The molecule has 0 aliphatic carbocycles. The zero-order valence-corrected chi connectivity index (χ0v) is 15.8. The van der Waals surface area contributed by atoms with Crippen molar-refractivity contribution in [2.45, 2.75) is 25.5 Å². The molecular weight excluding hydrogens is 422 g/mol. The Bertz CT molecular complexity index is 901. The summed E-state index contributed by atoms with van der Waals surface area (Å²) < 4.78 is 33.7. The lowest BCUT2D eigenvalue weighted by molar-refractivity contribution is 0.0341. The summed E-state index contributed by atoms with van der Waals surface area (Å²) in [6.45, 7) is 0.611. The van der Waals surface area contributed by atoms with Crippen LogP contribution in [0.4, 0.5) is 20.3 Å². The third-order valence-electron chi connectivity index (χ3n) is 4.20. The van der Waals surface area contributed by atoms with Crippen molar-refractivity contribution < 1.29 is 18.3 Å². The minimum Gasteiger partial charge on any atom is -0.394 e. The van der Waals surface area contributed by atoms with E-state index in [1.165, 1.54) is 12.3 Å². The summed E-state index contributed by atoms with van der Waals surface area (Å²) in [7, 11) is 0. The molecule has 0 amide bonds. The number of nitrogens with two attached hydrogens (primary N) is 1. The van der Waals surface area contributed by atoms with E-state index in [0.29, 0.717) is 11.1 Å². The summed E-state index contributed by atoms with van der Waals surface area (Å²) in [5.41, 5.74) is 3.77. The first kappa shape index (κ1) is 19.4. The van der Waals surface area contributed by atoms with E-state index < -0.39 is 34.4 Å². The van der Waals surface area contributed by atoms with Crippen LogP contribution in [-0.4, -0.2) is 29.3 Å². The summed E-state index contributed by atoms with van der Waals surface area (Å²) >= 11 is 3.26. The highest BCUT2D eigenvalue weighted by molar-refractivity contribution is 9.10. The molecule has 1 aliphatic rings. The van der Waals surface area contributed by atoms with Crippen LogP contribution in [0.2, 0.25) is 0 Å². The van der Waals surface area contributed by atoms with Gasteiger partial charge in [-0.05, 0) is 53.4 Å². The summed E-state index contributed by atoms with van der Waals surface area (Å²) in [6, 6.07) is 3.40. The van der Waals surface area contributed by atoms with Gasteiger partial charge < -0.3 is 15.8 Å². The maximum Gasteiger partial charge on any atom is 0.214 e. The smallest absolute Gasteiger partial charge is 0.214 e. The maximum atomic E-state index is 14.2. The zero-order chi connectivity index (χ0) is 19.6. The van der Waals surface area contributed by atoms with E-state index in [0.717, 1.165) is 31.4 Å². The number of hydrogen-bond donors (Lipinski definition) is 3. The van der Waals surface area contributed by atoms with E-state index in [1.54, 1.807) is 0 Å². The first-order valence-corrected chi connectivity index (χ1v) is 9.08. The highest BCUT2D eigenvalue weighted by Gasteiger charge is 2.25. The van der Waals surface area contributed by atoms with E-state index in [1.807, 2.05) is 0 Å². The van der Waals surface area contributed by atoms with Crippen LogP contribution < -0.4 is 11.1 Å². The molecule has 1 aromatic heterocycles. The molecule has 0 spiro atoms. The number of nitrogens with zero attached hydrogens (tertiary/aromatic N) is 1. The Morgan fingerprint density at radius 2 is 2.11 bits per heavy atom. The highest BCUT2D eigenvalue weighted by Crippen LogP contribution is 2.25. The van der Waals surface area contributed by atoms with E-state index in [2.05, 4.69) is 26.2 Å². The first-order valence-electron chi connectivity index (χ1n) is 8.29. The number of nitrogen functional groups attached to an aromatic ring is 1. The number of hydrogen-bond acceptors (Lipinski definition) is 6. The van der Waals surface area contributed by atoms with Crippen molar-refractivity contribution in [3.63, 3.8) is 0 Å². The molecule has 1 fully saturated rings. The Morgan fingerprint density at radius 1 is 1.33 bits per heavy atom. The van der Waals surface area contributed by atoms with Crippen LogP contribution >= 0.6 is 15.9 Å². The third-order valence-corrected chi connectivity index (χ3v) is 4.63. The second-order valence-electron chi connectivity index (χ2n) is 6.08. The van der Waals surface area contributed by atoms with Gasteiger partial charge >= 0.3 is 0 Å². The van der Waals surface area contributed by atoms with Gasteiger partial charge in [0, 0.05) is 22.8 Å². The Balaban J connectivity index is 1.92. The van der Waals surface area contributed by atoms with Crippen LogP contribution in [0.1, 0.15) is 35.2 Å². The molecule has 1 unspecified atom stereocenters. The van der Waals surface area contributed by atoms with Crippen LogP contribution in [0.25, 0.3) is 0 Å². The van der Waals surface area contributed by atoms with Crippen LogP contribution in [0.5, 0.6) is 0 Å². The van der Waals surface area contributed by atoms with Gasteiger partial charge in [-0.25, -0.2) is 13.8 Å². The number of nitrogens with one attached hydrogen (secondary N) is 2. The number of pyridine rings is 1. The molecule has 142 valence electrons. The van der Waals surface area contributed by atoms with Gasteiger partial charge in [0.1, 0.15) is 29.3 Å². The molecule has 0 bridgehead atoms. The molecular formula is C18H17BrF2N4O2. The molecule has 1 saturated heterocycles. The number of benzene rings is 1. The van der Waals surface area contributed by atoms with Crippen molar-refractivity contribution in [2.75, 3.05) is 17.7 Å². The number of halogens is 3. The topological polar surface area (TPSA) is 101 Å². The van der Waals surface area contributed by atoms with Crippen molar-refractivity contribution in [3.05, 3.63) is 51.6 Å². The SMILES string of the molecule is N=C(C(=O)c1ccc(F)c(N)c1F)c1cc(Br)cnc1NC1CCCCO1. The van der Waals surface area contributed by atoms with Crippen LogP contribution in [0.3, 0.4) is 0 Å². The normalized spacial score (nSPS) is 16.8. The Labute approximate surface area is 162 Å².